The predicted octanol–water partition coefficient (Wildman–Crippen LogP) is 0.941. The van der Waals surface area contributed by atoms with Crippen LogP contribution in [0.3, 0.4) is 0 Å². The van der Waals surface area contributed by atoms with E-state index in [2.05, 4.69) is 16.0 Å². The quantitative estimate of drug-likeness (QED) is 0.845. The summed E-state index contributed by atoms with van der Waals surface area (Å²) in [4.78, 5) is 17.8. The fourth-order valence-electron chi connectivity index (χ4n) is 2.65. The van der Waals surface area contributed by atoms with Crippen LogP contribution < -0.4 is 16.4 Å². The molecule has 0 aliphatic carbocycles. The zero-order valence-corrected chi connectivity index (χ0v) is 11.4. The maximum Gasteiger partial charge on any atom is 0.217 e. The van der Waals surface area contributed by atoms with Crippen LogP contribution in [0.5, 0.6) is 0 Å². The minimum absolute atomic E-state index is 0.197. The van der Waals surface area contributed by atoms with Gasteiger partial charge in [-0.15, -0.1) is 0 Å². The summed E-state index contributed by atoms with van der Waals surface area (Å²) >= 11 is 0. The number of nitrogens with two attached hydrogens (primary N) is 2. The van der Waals surface area contributed by atoms with Crippen LogP contribution in [-0.4, -0.2) is 24.0 Å². The van der Waals surface area contributed by atoms with Gasteiger partial charge in [-0.25, -0.2) is 4.98 Å². The zero-order valence-electron chi connectivity index (χ0n) is 11.4. The molecule has 2 heterocycles. The molecule has 0 spiro atoms. The Morgan fingerprint density at radius 1 is 1.42 bits per heavy atom. The van der Waals surface area contributed by atoms with E-state index in [0.29, 0.717) is 18.9 Å². The van der Waals surface area contributed by atoms with Crippen LogP contribution in [0.2, 0.25) is 0 Å². The topological polar surface area (TPSA) is 85.2 Å². The number of hydrogen-bond donors (Lipinski definition) is 2. The molecule has 1 aromatic heterocycles. The Hall–Kier alpha value is -1.62. The second-order valence-corrected chi connectivity index (χ2v) is 5.28. The molecule has 19 heavy (non-hydrogen) atoms. The molecule has 0 unspecified atom stereocenters. The molecule has 1 fully saturated rings. The van der Waals surface area contributed by atoms with Crippen molar-refractivity contribution >= 4 is 11.7 Å². The second-order valence-electron chi connectivity index (χ2n) is 5.28. The molecule has 5 heteroatoms. The van der Waals surface area contributed by atoms with Crippen molar-refractivity contribution in [3.63, 3.8) is 0 Å². The highest BCUT2D eigenvalue weighted by Gasteiger charge is 2.21. The van der Waals surface area contributed by atoms with Gasteiger partial charge in [-0.2, -0.15) is 0 Å². The molecule has 0 radical (unpaired) electrons. The Morgan fingerprint density at radius 3 is 2.68 bits per heavy atom. The van der Waals surface area contributed by atoms with Gasteiger partial charge in [-0.05, 0) is 43.4 Å². The fourth-order valence-corrected chi connectivity index (χ4v) is 2.65. The van der Waals surface area contributed by atoms with E-state index >= 15 is 0 Å². The zero-order chi connectivity index (χ0) is 13.8. The molecule has 1 aliphatic rings. The number of hydrogen-bond acceptors (Lipinski definition) is 4. The Labute approximate surface area is 114 Å². The van der Waals surface area contributed by atoms with Gasteiger partial charge in [-0.3, -0.25) is 4.79 Å². The summed E-state index contributed by atoms with van der Waals surface area (Å²) in [5, 5.41) is 0. The van der Waals surface area contributed by atoms with Crippen LogP contribution >= 0.6 is 0 Å². The highest BCUT2D eigenvalue weighted by Crippen LogP contribution is 2.24. The fraction of sp³-hybridized carbons (Fsp3) is 0.571. The van der Waals surface area contributed by atoms with Crippen molar-refractivity contribution in [3.05, 3.63) is 23.4 Å². The number of piperidine rings is 1. The van der Waals surface area contributed by atoms with Gasteiger partial charge >= 0.3 is 0 Å². The summed E-state index contributed by atoms with van der Waals surface area (Å²) in [6, 6.07) is 4.07. The average molecular weight is 262 g/mol. The molecule has 1 aromatic rings. The number of amides is 1. The molecule has 1 aliphatic heterocycles. The van der Waals surface area contributed by atoms with Crippen LogP contribution in [0.25, 0.3) is 0 Å². The number of pyridine rings is 1. The van der Waals surface area contributed by atoms with Crippen molar-refractivity contribution < 1.29 is 4.79 Å². The van der Waals surface area contributed by atoms with Crippen molar-refractivity contribution in [1.82, 2.24) is 4.98 Å². The van der Waals surface area contributed by atoms with Gasteiger partial charge in [0.2, 0.25) is 5.91 Å². The number of aromatic nitrogens is 1. The van der Waals surface area contributed by atoms with E-state index in [-0.39, 0.29) is 5.91 Å². The molecule has 2 rings (SSSR count). The maximum atomic E-state index is 10.9. The largest absolute Gasteiger partial charge is 0.370 e. The Morgan fingerprint density at radius 2 is 2.11 bits per heavy atom. The number of primary amides is 1. The SMILES string of the molecule is Cc1cc(CN)cc(N2CCC(CC(N)=O)CC2)n1. The Kier molecular flexibility index (Phi) is 4.37. The van der Waals surface area contributed by atoms with Gasteiger partial charge in [0.1, 0.15) is 5.82 Å². The number of nitrogens with zero attached hydrogens (tertiary/aromatic N) is 2. The highest BCUT2D eigenvalue weighted by atomic mass is 16.1. The van der Waals surface area contributed by atoms with Gasteiger partial charge in [0.15, 0.2) is 0 Å². The van der Waals surface area contributed by atoms with E-state index in [1.807, 2.05) is 13.0 Å². The van der Waals surface area contributed by atoms with E-state index in [9.17, 15) is 4.79 Å². The molecule has 0 atom stereocenters. The number of rotatable bonds is 4. The van der Waals surface area contributed by atoms with Gasteiger partial charge in [0.25, 0.3) is 0 Å². The van der Waals surface area contributed by atoms with Crippen molar-refractivity contribution in [3.8, 4) is 0 Å². The van der Waals surface area contributed by atoms with Gasteiger partial charge < -0.3 is 16.4 Å². The summed E-state index contributed by atoms with van der Waals surface area (Å²) in [5.41, 5.74) is 13.1. The smallest absolute Gasteiger partial charge is 0.217 e. The minimum Gasteiger partial charge on any atom is -0.370 e. The van der Waals surface area contributed by atoms with E-state index in [1.165, 1.54) is 0 Å². The first-order valence-electron chi connectivity index (χ1n) is 6.79. The molecule has 0 saturated carbocycles. The molecular formula is C14H22N4O. The molecule has 1 amide bonds. The monoisotopic (exact) mass is 262 g/mol. The summed E-state index contributed by atoms with van der Waals surface area (Å²) in [5.74, 6) is 1.23. The molecule has 0 aromatic carbocycles. The molecule has 1 saturated heterocycles. The van der Waals surface area contributed by atoms with E-state index in [4.69, 9.17) is 11.5 Å². The van der Waals surface area contributed by atoms with Crippen molar-refractivity contribution in [2.24, 2.45) is 17.4 Å². The first-order chi connectivity index (χ1) is 9.08. The summed E-state index contributed by atoms with van der Waals surface area (Å²) in [7, 11) is 0. The lowest BCUT2D eigenvalue weighted by atomic mass is 9.93. The highest BCUT2D eigenvalue weighted by molar-refractivity contribution is 5.74. The lowest BCUT2D eigenvalue weighted by Crippen LogP contribution is -2.35. The van der Waals surface area contributed by atoms with Crippen molar-refractivity contribution in [2.75, 3.05) is 18.0 Å². The summed E-state index contributed by atoms with van der Waals surface area (Å²) in [6.07, 6.45) is 2.50. The first-order valence-corrected chi connectivity index (χ1v) is 6.79. The van der Waals surface area contributed by atoms with Gasteiger partial charge in [0.05, 0.1) is 0 Å². The van der Waals surface area contributed by atoms with Crippen LogP contribution in [-0.2, 0) is 11.3 Å². The number of aryl methyl sites for hydroxylation is 1. The number of carbonyl (C=O) groups is 1. The normalized spacial score (nSPS) is 16.6. The lowest BCUT2D eigenvalue weighted by Gasteiger charge is -2.32. The third-order valence-electron chi connectivity index (χ3n) is 3.66. The maximum absolute atomic E-state index is 10.9. The van der Waals surface area contributed by atoms with Crippen molar-refractivity contribution in [1.29, 1.82) is 0 Å². The minimum atomic E-state index is -0.197. The van der Waals surface area contributed by atoms with Crippen LogP contribution in [0.1, 0.15) is 30.5 Å². The van der Waals surface area contributed by atoms with E-state index in [0.717, 1.165) is 43.0 Å². The third kappa shape index (κ3) is 3.67. The first kappa shape index (κ1) is 13.8. The number of carbonyl (C=O) groups excluding carboxylic acids is 1. The van der Waals surface area contributed by atoms with E-state index in [1.54, 1.807) is 0 Å². The lowest BCUT2D eigenvalue weighted by molar-refractivity contribution is -0.119. The number of anilines is 1. The summed E-state index contributed by atoms with van der Waals surface area (Å²) in [6.45, 7) is 4.38. The summed E-state index contributed by atoms with van der Waals surface area (Å²) < 4.78 is 0. The predicted molar refractivity (Wildman–Crippen MR) is 75.6 cm³/mol. The third-order valence-corrected chi connectivity index (χ3v) is 3.66. The second kappa shape index (κ2) is 6.02. The Bertz CT molecular complexity index is 453. The van der Waals surface area contributed by atoms with Gasteiger partial charge in [0, 0.05) is 31.7 Å². The van der Waals surface area contributed by atoms with Gasteiger partial charge in [-0.1, -0.05) is 0 Å². The Balaban J connectivity index is 2.01. The molecule has 104 valence electrons. The van der Waals surface area contributed by atoms with Crippen LogP contribution in [0.4, 0.5) is 5.82 Å². The molecule has 5 nitrogen and oxygen atoms in total. The standard InChI is InChI=1S/C14H22N4O/c1-10-6-12(9-15)8-14(17-10)18-4-2-11(3-5-18)7-13(16)19/h6,8,11H,2-5,7,9,15H2,1H3,(H2,16,19). The van der Waals surface area contributed by atoms with Crippen LogP contribution in [0.15, 0.2) is 12.1 Å². The molecular weight excluding hydrogens is 240 g/mol. The van der Waals surface area contributed by atoms with Crippen LogP contribution in [0, 0.1) is 12.8 Å². The molecule has 4 N–H and O–H groups in total. The molecule has 0 bridgehead atoms. The van der Waals surface area contributed by atoms with Crippen molar-refractivity contribution in [2.45, 2.75) is 32.7 Å². The average Bonchev–Trinajstić information content (AvgIpc) is 2.38. The van der Waals surface area contributed by atoms with E-state index < -0.39 is 0 Å².